The SMILES string of the molecule is CCOC(=O)C1CCN(C(=NC)NCc2cc(C(=O)OC)c(C)o2)CC1.I. The fourth-order valence-electron chi connectivity index (χ4n) is 3.03. The van der Waals surface area contributed by atoms with E-state index in [0.29, 0.717) is 30.2 Å². The van der Waals surface area contributed by atoms with Crippen molar-refractivity contribution in [3.63, 3.8) is 0 Å². The van der Waals surface area contributed by atoms with Crippen LogP contribution >= 0.6 is 24.0 Å². The van der Waals surface area contributed by atoms with Gasteiger partial charge in [0.25, 0.3) is 0 Å². The summed E-state index contributed by atoms with van der Waals surface area (Å²) in [6, 6.07) is 1.68. The number of ether oxygens (including phenoxy) is 2. The van der Waals surface area contributed by atoms with Gasteiger partial charge in [-0.1, -0.05) is 0 Å². The summed E-state index contributed by atoms with van der Waals surface area (Å²) in [7, 11) is 3.06. The van der Waals surface area contributed by atoms with Gasteiger partial charge in [0.1, 0.15) is 17.1 Å². The highest BCUT2D eigenvalue weighted by Gasteiger charge is 2.27. The van der Waals surface area contributed by atoms with Gasteiger partial charge < -0.3 is 24.1 Å². The maximum Gasteiger partial charge on any atom is 0.341 e. The molecular formula is C18H28IN3O5. The van der Waals surface area contributed by atoms with Crippen LogP contribution < -0.4 is 5.32 Å². The van der Waals surface area contributed by atoms with Crippen molar-refractivity contribution < 1.29 is 23.5 Å². The average molecular weight is 493 g/mol. The van der Waals surface area contributed by atoms with E-state index in [-0.39, 0.29) is 35.9 Å². The normalized spacial score (nSPS) is 15.1. The molecule has 1 saturated heterocycles. The highest BCUT2D eigenvalue weighted by Crippen LogP contribution is 2.19. The van der Waals surface area contributed by atoms with E-state index in [2.05, 4.69) is 15.2 Å². The zero-order valence-corrected chi connectivity index (χ0v) is 18.6. The summed E-state index contributed by atoms with van der Waals surface area (Å²) < 4.78 is 15.4. The molecule has 0 amide bonds. The zero-order chi connectivity index (χ0) is 19.1. The van der Waals surface area contributed by atoms with E-state index in [9.17, 15) is 9.59 Å². The summed E-state index contributed by atoms with van der Waals surface area (Å²) in [5.74, 6) is 1.32. The van der Waals surface area contributed by atoms with E-state index in [4.69, 9.17) is 13.9 Å². The number of aryl methyl sites for hydroxylation is 1. The molecule has 0 aromatic carbocycles. The van der Waals surface area contributed by atoms with Gasteiger partial charge in [-0.05, 0) is 32.8 Å². The van der Waals surface area contributed by atoms with Crippen LogP contribution in [-0.4, -0.2) is 56.7 Å². The number of aliphatic imine (C=N–C) groups is 1. The molecule has 9 heteroatoms. The Morgan fingerprint density at radius 1 is 1.37 bits per heavy atom. The van der Waals surface area contributed by atoms with Crippen LogP contribution in [0.2, 0.25) is 0 Å². The predicted octanol–water partition coefficient (Wildman–Crippen LogP) is 2.34. The lowest BCUT2D eigenvalue weighted by molar-refractivity contribution is -0.149. The molecule has 1 aliphatic rings. The maximum atomic E-state index is 11.8. The number of esters is 2. The zero-order valence-electron chi connectivity index (χ0n) is 16.2. The van der Waals surface area contributed by atoms with E-state index >= 15 is 0 Å². The summed E-state index contributed by atoms with van der Waals surface area (Å²) in [5, 5.41) is 3.24. The summed E-state index contributed by atoms with van der Waals surface area (Å²) in [6.45, 7) is 5.83. The molecular weight excluding hydrogens is 465 g/mol. The van der Waals surface area contributed by atoms with Crippen molar-refractivity contribution >= 4 is 41.9 Å². The Bertz CT molecular complexity index is 666. The second-order valence-corrected chi connectivity index (χ2v) is 6.09. The third kappa shape index (κ3) is 6.12. The van der Waals surface area contributed by atoms with Gasteiger partial charge in [-0.15, -0.1) is 24.0 Å². The average Bonchev–Trinajstić information content (AvgIpc) is 3.03. The Hall–Kier alpha value is -1.78. The minimum atomic E-state index is -0.414. The van der Waals surface area contributed by atoms with Crippen LogP contribution in [0.5, 0.6) is 0 Å². The molecule has 2 heterocycles. The molecule has 1 aromatic heterocycles. The van der Waals surface area contributed by atoms with Gasteiger partial charge in [-0.2, -0.15) is 0 Å². The molecule has 152 valence electrons. The van der Waals surface area contributed by atoms with Crippen molar-refractivity contribution in [3.05, 3.63) is 23.2 Å². The maximum absolute atomic E-state index is 11.8. The first kappa shape index (κ1) is 23.3. The van der Waals surface area contributed by atoms with Crippen LogP contribution in [0.3, 0.4) is 0 Å². The topological polar surface area (TPSA) is 93.4 Å². The van der Waals surface area contributed by atoms with Crippen molar-refractivity contribution in [2.24, 2.45) is 10.9 Å². The third-order valence-corrected chi connectivity index (χ3v) is 4.42. The smallest absolute Gasteiger partial charge is 0.341 e. The third-order valence-electron chi connectivity index (χ3n) is 4.42. The van der Waals surface area contributed by atoms with Gasteiger partial charge in [0.2, 0.25) is 0 Å². The number of piperidine rings is 1. The standard InChI is InChI=1S/C18H27N3O5.HI/c1-5-25-16(22)13-6-8-21(9-7-13)18(19-3)20-11-14-10-15(12(2)26-14)17(23)24-4;/h10,13H,5-9,11H2,1-4H3,(H,19,20);1H. The summed E-state index contributed by atoms with van der Waals surface area (Å²) >= 11 is 0. The van der Waals surface area contributed by atoms with Crippen LogP contribution in [0.15, 0.2) is 15.5 Å². The number of likely N-dealkylation sites (tertiary alicyclic amines) is 1. The molecule has 27 heavy (non-hydrogen) atoms. The number of hydrogen-bond acceptors (Lipinski definition) is 6. The number of methoxy groups -OCH3 is 1. The Morgan fingerprint density at radius 2 is 2.04 bits per heavy atom. The van der Waals surface area contributed by atoms with Gasteiger partial charge >= 0.3 is 11.9 Å². The molecule has 0 aliphatic carbocycles. The summed E-state index contributed by atoms with van der Waals surface area (Å²) in [6.07, 6.45) is 1.48. The van der Waals surface area contributed by atoms with Crippen molar-refractivity contribution in [3.8, 4) is 0 Å². The summed E-state index contributed by atoms with van der Waals surface area (Å²) in [5.41, 5.74) is 0.425. The Labute approximate surface area is 176 Å². The number of guanidine groups is 1. The Morgan fingerprint density at radius 3 is 2.59 bits per heavy atom. The summed E-state index contributed by atoms with van der Waals surface area (Å²) in [4.78, 5) is 29.9. The number of carbonyl (C=O) groups excluding carboxylic acids is 2. The Balaban J connectivity index is 0.00000364. The van der Waals surface area contributed by atoms with Crippen LogP contribution in [-0.2, 0) is 20.8 Å². The van der Waals surface area contributed by atoms with E-state index < -0.39 is 5.97 Å². The molecule has 1 N–H and O–H groups in total. The molecule has 2 rings (SSSR count). The molecule has 1 fully saturated rings. The van der Waals surface area contributed by atoms with Gasteiger partial charge in [0, 0.05) is 20.1 Å². The molecule has 0 saturated carbocycles. The lowest BCUT2D eigenvalue weighted by Crippen LogP contribution is -2.46. The first-order chi connectivity index (χ1) is 12.5. The first-order valence-corrected chi connectivity index (χ1v) is 8.80. The first-order valence-electron chi connectivity index (χ1n) is 8.80. The predicted molar refractivity (Wildman–Crippen MR) is 111 cm³/mol. The van der Waals surface area contributed by atoms with Crippen LogP contribution in [0.25, 0.3) is 0 Å². The number of nitrogens with zero attached hydrogens (tertiary/aromatic N) is 2. The quantitative estimate of drug-likeness (QED) is 0.291. The van der Waals surface area contributed by atoms with E-state index in [0.717, 1.165) is 31.9 Å². The molecule has 8 nitrogen and oxygen atoms in total. The van der Waals surface area contributed by atoms with Crippen molar-refractivity contribution in [1.29, 1.82) is 0 Å². The van der Waals surface area contributed by atoms with Crippen molar-refractivity contribution in [1.82, 2.24) is 10.2 Å². The minimum absolute atomic E-state index is 0. The second-order valence-electron chi connectivity index (χ2n) is 6.09. The second kappa shape index (κ2) is 11.2. The van der Waals surface area contributed by atoms with Gasteiger partial charge in [-0.25, -0.2) is 4.79 Å². The number of rotatable bonds is 5. The number of hydrogen-bond donors (Lipinski definition) is 1. The van der Waals surface area contributed by atoms with Gasteiger partial charge in [0.15, 0.2) is 5.96 Å². The monoisotopic (exact) mass is 493 g/mol. The van der Waals surface area contributed by atoms with Gasteiger partial charge in [-0.3, -0.25) is 9.79 Å². The number of nitrogens with one attached hydrogen (secondary N) is 1. The molecule has 1 aliphatic heterocycles. The fraction of sp³-hybridized carbons (Fsp3) is 0.611. The lowest BCUT2D eigenvalue weighted by atomic mass is 9.97. The minimum Gasteiger partial charge on any atom is -0.466 e. The highest BCUT2D eigenvalue weighted by molar-refractivity contribution is 14.0. The van der Waals surface area contributed by atoms with E-state index in [1.54, 1.807) is 20.0 Å². The van der Waals surface area contributed by atoms with Crippen LogP contribution in [0, 0.1) is 12.8 Å². The molecule has 0 atom stereocenters. The molecule has 1 aromatic rings. The lowest BCUT2D eigenvalue weighted by Gasteiger charge is -2.33. The molecule has 0 bridgehead atoms. The van der Waals surface area contributed by atoms with E-state index in [1.165, 1.54) is 7.11 Å². The number of carbonyl (C=O) groups is 2. The number of halogens is 1. The van der Waals surface area contributed by atoms with Crippen LogP contribution in [0.1, 0.15) is 41.6 Å². The number of furan rings is 1. The Kier molecular flexibility index (Phi) is 9.61. The molecule has 0 unspecified atom stereocenters. The molecule has 0 radical (unpaired) electrons. The largest absolute Gasteiger partial charge is 0.466 e. The van der Waals surface area contributed by atoms with Crippen molar-refractivity contribution in [2.75, 3.05) is 33.9 Å². The fourth-order valence-corrected chi connectivity index (χ4v) is 3.03. The molecule has 0 spiro atoms. The van der Waals surface area contributed by atoms with E-state index in [1.807, 2.05) is 6.92 Å². The van der Waals surface area contributed by atoms with Crippen molar-refractivity contribution in [2.45, 2.75) is 33.2 Å². The van der Waals surface area contributed by atoms with Crippen LogP contribution in [0.4, 0.5) is 0 Å². The highest BCUT2D eigenvalue weighted by atomic mass is 127. The van der Waals surface area contributed by atoms with Gasteiger partial charge in [0.05, 0.1) is 26.2 Å².